The fourth-order valence-electron chi connectivity index (χ4n) is 2.79. The van der Waals surface area contributed by atoms with Gasteiger partial charge in [-0.25, -0.2) is 9.79 Å². The summed E-state index contributed by atoms with van der Waals surface area (Å²) >= 11 is 0. The van der Waals surface area contributed by atoms with Crippen LogP contribution in [0, 0.1) is 0 Å². The summed E-state index contributed by atoms with van der Waals surface area (Å²) in [5.74, 6) is -2.36. The van der Waals surface area contributed by atoms with E-state index in [0.717, 1.165) is 11.1 Å². The Morgan fingerprint density at radius 1 is 1.22 bits per heavy atom. The van der Waals surface area contributed by atoms with Gasteiger partial charge in [0.2, 0.25) is 0 Å². The van der Waals surface area contributed by atoms with Crippen molar-refractivity contribution in [1.29, 1.82) is 0 Å². The van der Waals surface area contributed by atoms with Crippen LogP contribution >= 0.6 is 0 Å². The average Bonchev–Trinajstić information content (AvgIpc) is 2.88. The summed E-state index contributed by atoms with van der Waals surface area (Å²) in [6.45, 7) is 1.30. The van der Waals surface area contributed by atoms with Gasteiger partial charge in [-0.1, -0.05) is 30.3 Å². The average molecular weight is 377 g/mol. The lowest BCUT2D eigenvalue weighted by atomic mass is 10.1. The fraction of sp³-hybridized carbons (Fsp3) is 0.222. The summed E-state index contributed by atoms with van der Waals surface area (Å²) < 4.78 is 41.6. The molecule has 2 amide bonds. The molecule has 9 heteroatoms. The molecule has 0 bridgehead atoms. The molecule has 0 saturated heterocycles. The third kappa shape index (κ3) is 3.40. The summed E-state index contributed by atoms with van der Waals surface area (Å²) in [4.78, 5) is 31.9. The number of hydrogen-bond acceptors (Lipinski definition) is 3. The molecular formula is C18H16F3N4O2+. The van der Waals surface area contributed by atoms with Crippen LogP contribution in [0.15, 0.2) is 54.9 Å². The first kappa shape index (κ1) is 18.6. The number of pyridine rings is 1. The smallest absolute Gasteiger partial charge is 0.293 e. The third-order valence-corrected chi connectivity index (χ3v) is 4.17. The standard InChI is InChI=1S/C18H15F3N4O2/c1-12-23-17(18(19,20)21,24-15(26)14-8-5-9-22-10-14)16(27)25(12)11-13-6-3-2-4-7-13/h2-10H,11H2,1H3,(H,24,26)/p+1/t17-/m0/s1. The molecule has 1 atom stereocenters. The van der Waals surface area contributed by atoms with Gasteiger partial charge < -0.3 is 0 Å². The zero-order valence-corrected chi connectivity index (χ0v) is 14.2. The number of aromatic nitrogens is 1. The van der Waals surface area contributed by atoms with Crippen molar-refractivity contribution in [1.82, 2.24) is 15.2 Å². The Balaban J connectivity index is 1.93. The molecule has 6 nitrogen and oxygen atoms in total. The van der Waals surface area contributed by atoms with Gasteiger partial charge in [-0.15, -0.1) is 0 Å². The Kier molecular flexibility index (Phi) is 4.69. The number of nitrogens with zero attached hydrogens (tertiary/aromatic N) is 2. The van der Waals surface area contributed by atoms with Gasteiger partial charge in [-0.05, 0) is 17.7 Å². The number of nitrogens with one attached hydrogen (secondary N) is 2. The van der Waals surface area contributed by atoms with Crippen LogP contribution < -0.4 is 10.3 Å². The van der Waals surface area contributed by atoms with Gasteiger partial charge in [0, 0.05) is 19.3 Å². The SMILES string of the molecule is CC1=[NH+][C@@](NC(=O)c2cccnc2)(C(F)(F)F)C(=O)N1Cc1ccccc1. The molecule has 0 radical (unpaired) electrons. The first-order chi connectivity index (χ1) is 12.7. The predicted molar refractivity (Wildman–Crippen MR) is 89.1 cm³/mol. The van der Waals surface area contributed by atoms with Crippen LogP contribution in [0.3, 0.4) is 0 Å². The van der Waals surface area contributed by atoms with Crippen LogP contribution in [0.25, 0.3) is 0 Å². The maximum atomic E-state index is 13.9. The molecule has 2 aromatic rings. The van der Waals surface area contributed by atoms with Crippen LogP contribution in [0.2, 0.25) is 0 Å². The number of rotatable bonds is 4. The lowest BCUT2D eigenvalue weighted by Gasteiger charge is -2.25. The molecule has 3 rings (SSSR count). The second kappa shape index (κ2) is 6.82. The van der Waals surface area contributed by atoms with Crippen LogP contribution in [-0.2, 0) is 11.3 Å². The second-order valence-corrected chi connectivity index (χ2v) is 6.03. The Morgan fingerprint density at radius 3 is 2.52 bits per heavy atom. The quantitative estimate of drug-likeness (QED) is 0.820. The maximum Gasteiger partial charge on any atom is 0.465 e. The molecule has 0 unspecified atom stereocenters. The fourth-order valence-corrected chi connectivity index (χ4v) is 2.79. The molecule has 27 heavy (non-hydrogen) atoms. The first-order valence-electron chi connectivity index (χ1n) is 8.01. The van der Waals surface area contributed by atoms with Crippen molar-refractivity contribution < 1.29 is 27.8 Å². The number of hydrogen-bond donors (Lipinski definition) is 2. The minimum absolute atomic E-state index is 0.00679. The highest BCUT2D eigenvalue weighted by Crippen LogP contribution is 2.29. The third-order valence-electron chi connectivity index (χ3n) is 4.17. The Labute approximate surface area is 152 Å². The van der Waals surface area contributed by atoms with Gasteiger partial charge in [0.05, 0.1) is 5.56 Å². The molecule has 0 aliphatic carbocycles. The number of amidine groups is 1. The number of carbonyl (C=O) groups is 2. The van der Waals surface area contributed by atoms with E-state index in [1.807, 2.05) is 5.32 Å². The molecule has 0 saturated carbocycles. The van der Waals surface area contributed by atoms with Gasteiger partial charge >= 0.3 is 17.7 Å². The largest absolute Gasteiger partial charge is 0.465 e. The van der Waals surface area contributed by atoms with E-state index in [4.69, 9.17) is 0 Å². The van der Waals surface area contributed by atoms with E-state index in [2.05, 4.69) is 9.98 Å². The Morgan fingerprint density at radius 2 is 1.93 bits per heavy atom. The summed E-state index contributed by atoms with van der Waals surface area (Å²) in [5, 5.41) is 1.82. The summed E-state index contributed by atoms with van der Waals surface area (Å²) in [5.41, 5.74) is -2.67. The van der Waals surface area contributed by atoms with Crippen molar-refractivity contribution in [3.8, 4) is 0 Å². The number of benzene rings is 1. The second-order valence-electron chi connectivity index (χ2n) is 6.03. The van der Waals surface area contributed by atoms with E-state index in [-0.39, 0.29) is 17.9 Å². The zero-order valence-electron chi connectivity index (χ0n) is 14.2. The van der Waals surface area contributed by atoms with Gasteiger partial charge in [0.1, 0.15) is 6.54 Å². The molecular weight excluding hydrogens is 361 g/mol. The number of alkyl halides is 3. The monoisotopic (exact) mass is 377 g/mol. The lowest BCUT2D eigenvalue weighted by molar-refractivity contribution is -0.581. The minimum Gasteiger partial charge on any atom is -0.293 e. The van der Waals surface area contributed by atoms with E-state index in [1.54, 1.807) is 30.3 Å². The van der Waals surface area contributed by atoms with E-state index in [9.17, 15) is 22.8 Å². The van der Waals surface area contributed by atoms with Crippen molar-refractivity contribution in [3.05, 3.63) is 66.0 Å². The van der Waals surface area contributed by atoms with Crippen LogP contribution in [0.4, 0.5) is 13.2 Å². The summed E-state index contributed by atoms with van der Waals surface area (Å²) in [6, 6.07) is 11.3. The number of amides is 2. The first-order valence-corrected chi connectivity index (χ1v) is 8.01. The lowest BCUT2D eigenvalue weighted by Crippen LogP contribution is -2.96. The summed E-state index contributed by atoms with van der Waals surface area (Å²) in [7, 11) is 0. The molecule has 1 aromatic heterocycles. The van der Waals surface area contributed by atoms with Crippen molar-refractivity contribution >= 4 is 17.6 Å². The van der Waals surface area contributed by atoms with Crippen LogP contribution in [0.1, 0.15) is 22.8 Å². The van der Waals surface area contributed by atoms with Gasteiger partial charge in [-0.3, -0.25) is 15.1 Å². The zero-order chi connectivity index (χ0) is 19.7. The van der Waals surface area contributed by atoms with Crippen molar-refractivity contribution in [3.63, 3.8) is 0 Å². The van der Waals surface area contributed by atoms with Crippen molar-refractivity contribution in [2.75, 3.05) is 0 Å². The van der Waals surface area contributed by atoms with Crippen molar-refractivity contribution in [2.45, 2.75) is 25.3 Å². The molecule has 140 valence electrons. The maximum absolute atomic E-state index is 13.9. The van der Waals surface area contributed by atoms with E-state index >= 15 is 0 Å². The van der Waals surface area contributed by atoms with E-state index in [1.165, 1.54) is 25.3 Å². The van der Waals surface area contributed by atoms with Crippen molar-refractivity contribution in [2.24, 2.45) is 0 Å². The van der Waals surface area contributed by atoms with Crippen LogP contribution in [0.5, 0.6) is 0 Å². The topological polar surface area (TPSA) is 76.3 Å². The van der Waals surface area contributed by atoms with Gasteiger partial charge in [-0.2, -0.15) is 18.1 Å². The number of halogens is 3. The molecule has 2 N–H and O–H groups in total. The molecule has 2 heterocycles. The normalized spacial score (nSPS) is 19.8. The molecule has 1 aliphatic heterocycles. The van der Waals surface area contributed by atoms with E-state index < -0.39 is 23.7 Å². The molecule has 0 fully saturated rings. The Bertz CT molecular complexity index is 884. The highest BCUT2D eigenvalue weighted by atomic mass is 19.4. The van der Waals surface area contributed by atoms with Gasteiger partial charge in [0.25, 0.3) is 11.7 Å². The minimum atomic E-state index is -5.06. The highest BCUT2D eigenvalue weighted by molar-refractivity contribution is 6.05. The summed E-state index contributed by atoms with van der Waals surface area (Å²) in [6.07, 6.45) is -2.55. The number of carbonyl (C=O) groups excluding carboxylic acids is 2. The van der Waals surface area contributed by atoms with Gasteiger partial charge in [0.15, 0.2) is 0 Å². The molecule has 1 aromatic carbocycles. The van der Waals surface area contributed by atoms with E-state index in [0.29, 0.717) is 5.56 Å². The Hall–Kier alpha value is -3.23. The molecule has 1 aliphatic rings. The highest BCUT2D eigenvalue weighted by Gasteiger charge is 2.71. The predicted octanol–water partition coefficient (Wildman–Crippen LogP) is 0.611. The van der Waals surface area contributed by atoms with Crippen LogP contribution in [-0.4, -0.2) is 39.4 Å². The molecule has 0 spiro atoms.